The van der Waals surface area contributed by atoms with Gasteiger partial charge in [0.15, 0.2) is 0 Å². The van der Waals surface area contributed by atoms with Crippen LogP contribution in [-0.2, 0) is 9.59 Å². The van der Waals surface area contributed by atoms with Gasteiger partial charge in [-0.05, 0) is 30.9 Å². The summed E-state index contributed by atoms with van der Waals surface area (Å²) in [5, 5.41) is 2.84. The molecule has 1 rings (SSSR count). The lowest BCUT2D eigenvalue weighted by atomic mass is 10.1. The number of hydrogen-bond donors (Lipinski definition) is 2. The monoisotopic (exact) mass is 361 g/mol. The molecular formula is C20H31N3O3. The Morgan fingerprint density at radius 1 is 1.15 bits per heavy atom. The molecular weight excluding hydrogens is 330 g/mol. The molecule has 26 heavy (non-hydrogen) atoms. The lowest BCUT2D eigenvalue weighted by Crippen LogP contribution is -2.51. The normalized spacial score (nSPS) is 11.8. The fraction of sp³-hybridized carbons (Fsp3) is 0.550. The number of carbonyl (C=O) groups is 3. The number of carbonyl (C=O) groups excluding carboxylic acids is 3. The number of benzene rings is 1. The molecule has 0 saturated carbocycles. The van der Waals surface area contributed by atoms with Gasteiger partial charge >= 0.3 is 0 Å². The Labute approximate surface area is 156 Å². The zero-order valence-electron chi connectivity index (χ0n) is 16.0. The third-order valence-corrected chi connectivity index (χ3v) is 4.13. The number of nitrogens with two attached hydrogens (primary N) is 1. The van der Waals surface area contributed by atoms with Gasteiger partial charge in [-0.3, -0.25) is 14.4 Å². The summed E-state index contributed by atoms with van der Waals surface area (Å²) in [5.74, 6) is -0.738. The van der Waals surface area contributed by atoms with Gasteiger partial charge in [-0.1, -0.05) is 45.4 Å². The number of nitrogens with zero attached hydrogens (tertiary/aromatic N) is 1. The third kappa shape index (κ3) is 7.25. The van der Waals surface area contributed by atoms with E-state index in [4.69, 9.17) is 5.73 Å². The Bertz CT molecular complexity index is 587. The van der Waals surface area contributed by atoms with E-state index in [0.29, 0.717) is 24.6 Å². The molecule has 0 bridgehead atoms. The summed E-state index contributed by atoms with van der Waals surface area (Å²) >= 11 is 0. The average Bonchev–Trinajstić information content (AvgIpc) is 2.60. The van der Waals surface area contributed by atoms with Gasteiger partial charge in [-0.15, -0.1) is 0 Å². The van der Waals surface area contributed by atoms with Crippen LogP contribution in [0.2, 0.25) is 0 Å². The number of nitrogens with one attached hydrogen (secondary N) is 1. The fourth-order valence-corrected chi connectivity index (χ4v) is 2.61. The predicted molar refractivity (Wildman–Crippen MR) is 102 cm³/mol. The highest BCUT2D eigenvalue weighted by atomic mass is 16.2. The Balaban J connectivity index is 3.02. The molecule has 0 aliphatic rings. The van der Waals surface area contributed by atoms with E-state index in [1.165, 1.54) is 4.90 Å². The van der Waals surface area contributed by atoms with Gasteiger partial charge in [-0.2, -0.15) is 0 Å². The molecule has 144 valence electrons. The highest BCUT2D eigenvalue weighted by Crippen LogP contribution is 2.13. The molecule has 0 aromatic heterocycles. The quantitative estimate of drug-likeness (QED) is 0.633. The van der Waals surface area contributed by atoms with E-state index in [9.17, 15) is 14.4 Å². The van der Waals surface area contributed by atoms with Crippen molar-refractivity contribution in [2.24, 2.45) is 11.7 Å². The molecule has 3 N–H and O–H groups in total. The van der Waals surface area contributed by atoms with Crippen molar-refractivity contribution in [3.8, 4) is 0 Å². The standard InChI is InChI=1S/C20H31N3O3/c1-4-5-13-23(20(26)16-9-7-6-8-10-16)17(14-18(21)24)19(25)22-12-11-15(2)3/h6-10,15,17H,4-5,11-14H2,1-3H3,(H2,21,24)(H,22,25)/t17-/m0/s1. The molecule has 0 heterocycles. The zero-order valence-corrected chi connectivity index (χ0v) is 16.0. The number of primary amides is 1. The summed E-state index contributed by atoms with van der Waals surface area (Å²) in [6.45, 7) is 7.06. The Kier molecular flexibility index (Phi) is 9.41. The Hall–Kier alpha value is -2.37. The number of unbranched alkanes of at least 4 members (excludes halogenated alkanes) is 1. The van der Waals surface area contributed by atoms with Crippen LogP contribution in [0, 0.1) is 5.92 Å². The van der Waals surface area contributed by atoms with Gasteiger partial charge in [0.1, 0.15) is 6.04 Å². The minimum absolute atomic E-state index is 0.185. The Morgan fingerprint density at radius 3 is 2.35 bits per heavy atom. The zero-order chi connectivity index (χ0) is 19.5. The minimum atomic E-state index is -0.890. The maximum absolute atomic E-state index is 13.0. The number of hydrogen-bond acceptors (Lipinski definition) is 3. The SMILES string of the molecule is CCCCN(C(=O)c1ccccc1)[C@@H](CC(N)=O)C(=O)NCCC(C)C. The van der Waals surface area contributed by atoms with E-state index >= 15 is 0 Å². The van der Waals surface area contributed by atoms with Crippen molar-refractivity contribution in [3.63, 3.8) is 0 Å². The number of rotatable bonds is 11. The molecule has 3 amide bonds. The maximum atomic E-state index is 13.0. The van der Waals surface area contributed by atoms with Crippen LogP contribution in [0.4, 0.5) is 0 Å². The summed E-state index contributed by atoms with van der Waals surface area (Å²) in [6.07, 6.45) is 2.26. The first kappa shape index (κ1) is 21.7. The van der Waals surface area contributed by atoms with E-state index in [2.05, 4.69) is 19.2 Å². The van der Waals surface area contributed by atoms with Gasteiger partial charge in [-0.25, -0.2) is 0 Å². The summed E-state index contributed by atoms with van der Waals surface area (Å²) < 4.78 is 0. The summed E-state index contributed by atoms with van der Waals surface area (Å²) in [4.78, 5) is 38.7. The molecule has 0 aliphatic heterocycles. The van der Waals surface area contributed by atoms with Gasteiger partial charge in [0.05, 0.1) is 6.42 Å². The molecule has 0 saturated heterocycles. The van der Waals surface area contributed by atoms with Crippen LogP contribution < -0.4 is 11.1 Å². The molecule has 1 aromatic rings. The second kappa shape index (κ2) is 11.3. The van der Waals surface area contributed by atoms with Crippen LogP contribution in [0.5, 0.6) is 0 Å². The summed E-state index contributed by atoms with van der Waals surface area (Å²) in [5.41, 5.74) is 5.85. The van der Waals surface area contributed by atoms with Gasteiger partial charge in [0.2, 0.25) is 11.8 Å². The van der Waals surface area contributed by atoms with E-state index < -0.39 is 11.9 Å². The van der Waals surface area contributed by atoms with Gasteiger partial charge in [0, 0.05) is 18.7 Å². The van der Waals surface area contributed by atoms with E-state index in [1.54, 1.807) is 24.3 Å². The van der Waals surface area contributed by atoms with Crippen LogP contribution >= 0.6 is 0 Å². The second-order valence-electron chi connectivity index (χ2n) is 6.88. The van der Waals surface area contributed by atoms with Crippen LogP contribution in [0.3, 0.4) is 0 Å². The van der Waals surface area contributed by atoms with Crippen molar-refractivity contribution < 1.29 is 14.4 Å². The number of amides is 3. The molecule has 1 aromatic carbocycles. The summed E-state index contributed by atoms with van der Waals surface area (Å²) in [6, 6.07) is 7.90. The highest BCUT2D eigenvalue weighted by Gasteiger charge is 2.31. The smallest absolute Gasteiger partial charge is 0.254 e. The topological polar surface area (TPSA) is 92.5 Å². The van der Waals surface area contributed by atoms with E-state index in [-0.39, 0.29) is 18.2 Å². The predicted octanol–water partition coefficient (Wildman–Crippen LogP) is 2.34. The molecule has 0 spiro atoms. The van der Waals surface area contributed by atoms with Crippen LogP contribution in [-0.4, -0.2) is 41.8 Å². The lowest BCUT2D eigenvalue weighted by Gasteiger charge is -2.30. The third-order valence-electron chi connectivity index (χ3n) is 4.13. The van der Waals surface area contributed by atoms with E-state index in [1.807, 2.05) is 13.0 Å². The van der Waals surface area contributed by atoms with Crippen LogP contribution in [0.1, 0.15) is 56.8 Å². The first-order chi connectivity index (χ1) is 12.4. The second-order valence-corrected chi connectivity index (χ2v) is 6.88. The van der Waals surface area contributed by atoms with Crippen LogP contribution in [0.15, 0.2) is 30.3 Å². The molecule has 0 unspecified atom stereocenters. The van der Waals surface area contributed by atoms with Crippen molar-refractivity contribution in [2.45, 2.75) is 52.5 Å². The molecule has 1 atom stereocenters. The van der Waals surface area contributed by atoms with Gasteiger partial charge in [0.25, 0.3) is 5.91 Å². The lowest BCUT2D eigenvalue weighted by molar-refractivity contribution is -0.129. The van der Waals surface area contributed by atoms with Crippen LogP contribution in [0.25, 0.3) is 0 Å². The average molecular weight is 361 g/mol. The van der Waals surface area contributed by atoms with Gasteiger partial charge < -0.3 is 16.0 Å². The highest BCUT2D eigenvalue weighted by molar-refractivity contribution is 5.98. The first-order valence-corrected chi connectivity index (χ1v) is 9.28. The van der Waals surface area contributed by atoms with Crippen molar-refractivity contribution in [3.05, 3.63) is 35.9 Å². The minimum Gasteiger partial charge on any atom is -0.370 e. The first-order valence-electron chi connectivity index (χ1n) is 9.28. The fourth-order valence-electron chi connectivity index (χ4n) is 2.61. The molecule has 0 fully saturated rings. The molecule has 6 heteroatoms. The van der Waals surface area contributed by atoms with Crippen molar-refractivity contribution in [1.82, 2.24) is 10.2 Å². The molecule has 0 radical (unpaired) electrons. The summed E-state index contributed by atoms with van der Waals surface area (Å²) in [7, 11) is 0. The Morgan fingerprint density at radius 2 is 1.81 bits per heavy atom. The maximum Gasteiger partial charge on any atom is 0.254 e. The molecule has 0 aliphatic carbocycles. The molecule has 6 nitrogen and oxygen atoms in total. The van der Waals surface area contributed by atoms with Crippen molar-refractivity contribution >= 4 is 17.7 Å². The van der Waals surface area contributed by atoms with E-state index in [0.717, 1.165) is 19.3 Å². The largest absolute Gasteiger partial charge is 0.370 e. The van der Waals surface area contributed by atoms with Crippen molar-refractivity contribution in [1.29, 1.82) is 0 Å². The van der Waals surface area contributed by atoms with Crippen molar-refractivity contribution in [2.75, 3.05) is 13.1 Å².